The second kappa shape index (κ2) is 8.14. The van der Waals surface area contributed by atoms with Crippen LogP contribution in [0, 0.1) is 17.7 Å². The van der Waals surface area contributed by atoms with Crippen LogP contribution in [-0.4, -0.2) is 78.0 Å². The molecule has 2 aliphatic heterocycles. The van der Waals surface area contributed by atoms with Crippen LogP contribution in [0.3, 0.4) is 0 Å². The molecule has 1 amide bonds. The molecule has 7 heteroatoms. The Morgan fingerprint density at radius 2 is 1.85 bits per heavy atom. The molecule has 26 heavy (non-hydrogen) atoms. The van der Waals surface area contributed by atoms with Gasteiger partial charge in [-0.1, -0.05) is 12.1 Å². The number of piperazine rings is 1. The summed E-state index contributed by atoms with van der Waals surface area (Å²) in [4.78, 5) is 30.5. The number of benzene rings is 1. The van der Waals surface area contributed by atoms with Crippen molar-refractivity contribution in [2.24, 2.45) is 11.8 Å². The minimum atomic E-state index is -0.870. The molecule has 6 nitrogen and oxygen atoms in total. The fourth-order valence-corrected chi connectivity index (χ4v) is 3.86. The van der Waals surface area contributed by atoms with Crippen LogP contribution >= 0.6 is 0 Å². The molecule has 0 radical (unpaired) electrons. The van der Waals surface area contributed by atoms with E-state index in [-0.39, 0.29) is 17.6 Å². The number of carboxylic acids is 1. The highest BCUT2D eigenvalue weighted by atomic mass is 19.1. The zero-order chi connectivity index (χ0) is 18.7. The van der Waals surface area contributed by atoms with Crippen LogP contribution < -0.4 is 0 Å². The lowest BCUT2D eigenvalue weighted by atomic mass is 9.87. The summed E-state index contributed by atoms with van der Waals surface area (Å²) < 4.78 is 13.4. The number of likely N-dealkylation sites (N-methyl/N-ethyl adjacent to an activating group) is 1. The Hall–Kier alpha value is -1.99. The zero-order valence-electron chi connectivity index (χ0n) is 15.1. The molecule has 0 bridgehead atoms. The zero-order valence-corrected chi connectivity index (χ0v) is 15.1. The minimum absolute atomic E-state index is 0.0493. The number of hydrogen-bond donors (Lipinski definition) is 1. The lowest BCUT2D eigenvalue weighted by molar-refractivity contribution is -0.148. The van der Waals surface area contributed by atoms with E-state index in [0.717, 1.165) is 18.7 Å². The predicted octanol–water partition coefficient (Wildman–Crippen LogP) is 1.12. The topological polar surface area (TPSA) is 64.1 Å². The third-order valence-corrected chi connectivity index (χ3v) is 5.33. The number of carbonyl (C=O) groups is 2. The summed E-state index contributed by atoms with van der Waals surface area (Å²) in [5, 5.41) is 9.49. The molecule has 1 aromatic carbocycles. The molecular weight excluding hydrogens is 337 g/mol. The van der Waals surface area contributed by atoms with Crippen molar-refractivity contribution in [2.45, 2.75) is 13.0 Å². The molecule has 0 spiro atoms. The van der Waals surface area contributed by atoms with Crippen LogP contribution in [0.4, 0.5) is 4.39 Å². The van der Waals surface area contributed by atoms with Gasteiger partial charge in [-0.3, -0.25) is 14.5 Å². The first kappa shape index (κ1) is 18.8. The van der Waals surface area contributed by atoms with E-state index in [9.17, 15) is 19.1 Å². The molecule has 0 aliphatic carbocycles. The Bertz CT molecular complexity index is 661. The summed E-state index contributed by atoms with van der Waals surface area (Å²) in [5.74, 6) is -2.02. The molecule has 2 heterocycles. The number of aliphatic carboxylic acids is 1. The SMILES string of the molecule is CN1CCN(C(=O)[C@@H]2C[C@H](C(=O)O)CN(Cc3cccc(F)c3)C2)CC1. The van der Waals surface area contributed by atoms with E-state index in [1.54, 1.807) is 6.07 Å². The van der Waals surface area contributed by atoms with Gasteiger partial charge in [0.15, 0.2) is 0 Å². The number of likely N-dealkylation sites (tertiary alicyclic amines) is 1. The van der Waals surface area contributed by atoms with Crippen molar-refractivity contribution in [1.29, 1.82) is 0 Å². The molecule has 2 saturated heterocycles. The lowest BCUT2D eigenvalue weighted by Gasteiger charge is -2.39. The van der Waals surface area contributed by atoms with Crippen LogP contribution in [0.1, 0.15) is 12.0 Å². The Morgan fingerprint density at radius 3 is 2.50 bits per heavy atom. The van der Waals surface area contributed by atoms with Crippen molar-refractivity contribution in [3.05, 3.63) is 35.6 Å². The van der Waals surface area contributed by atoms with Crippen LogP contribution in [-0.2, 0) is 16.1 Å². The summed E-state index contributed by atoms with van der Waals surface area (Å²) in [6.07, 6.45) is 0.375. The molecule has 0 saturated carbocycles. The standard InChI is InChI=1S/C19H26FN3O3/c1-21-5-7-23(8-6-21)18(24)15-10-16(19(25)26)13-22(12-15)11-14-3-2-4-17(20)9-14/h2-4,9,15-16H,5-8,10-13H2,1H3,(H,25,26)/t15-,16+/m1/s1. The first-order chi connectivity index (χ1) is 12.4. The van der Waals surface area contributed by atoms with Gasteiger partial charge in [-0.2, -0.15) is 0 Å². The molecule has 0 unspecified atom stereocenters. The Morgan fingerprint density at radius 1 is 1.15 bits per heavy atom. The number of halogens is 1. The number of amides is 1. The third-order valence-electron chi connectivity index (χ3n) is 5.33. The van der Waals surface area contributed by atoms with Crippen molar-refractivity contribution in [3.8, 4) is 0 Å². The molecule has 3 rings (SSSR count). The van der Waals surface area contributed by atoms with E-state index >= 15 is 0 Å². The van der Waals surface area contributed by atoms with Gasteiger partial charge in [0.25, 0.3) is 0 Å². The first-order valence-electron chi connectivity index (χ1n) is 9.09. The van der Waals surface area contributed by atoms with Crippen LogP contribution in [0.5, 0.6) is 0 Å². The van der Waals surface area contributed by atoms with Gasteiger partial charge in [-0.25, -0.2) is 4.39 Å². The second-order valence-corrected chi connectivity index (χ2v) is 7.42. The van der Waals surface area contributed by atoms with Gasteiger partial charge in [0, 0.05) is 45.8 Å². The van der Waals surface area contributed by atoms with E-state index in [1.807, 2.05) is 22.9 Å². The lowest BCUT2D eigenvalue weighted by Crippen LogP contribution is -2.53. The maximum Gasteiger partial charge on any atom is 0.307 e. The van der Waals surface area contributed by atoms with Gasteiger partial charge in [0.1, 0.15) is 5.82 Å². The highest BCUT2D eigenvalue weighted by Gasteiger charge is 2.37. The van der Waals surface area contributed by atoms with Gasteiger partial charge in [0.05, 0.1) is 11.8 Å². The third kappa shape index (κ3) is 4.59. The summed E-state index contributed by atoms with van der Waals surface area (Å²) in [5.41, 5.74) is 0.793. The number of nitrogens with zero attached hydrogens (tertiary/aromatic N) is 3. The van der Waals surface area contributed by atoms with E-state index in [2.05, 4.69) is 4.90 Å². The molecule has 1 aromatic rings. The molecule has 1 N–H and O–H groups in total. The molecule has 2 aliphatic rings. The van der Waals surface area contributed by atoms with Crippen molar-refractivity contribution < 1.29 is 19.1 Å². The average Bonchev–Trinajstić information content (AvgIpc) is 2.61. The highest BCUT2D eigenvalue weighted by Crippen LogP contribution is 2.26. The van der Waals surface area contributed by atoms with E-state index < -0.39 is 11.9 Å². The number of piperidine rings is 1. The van der Waals surface area contributed by atoms with Crippen LogP contribution in [0.15, 0.2) is 24.3 Å². The largest absolute Gasteiger partial charge is 0.481 e. The Kier molecular flexibility index (Phi) is 5.88. The Labute approximate surface area is 153 Å². The fraction of sp³-hybridized carbons (Fsp3) is 0.579. The molecule has 2 fully saturated rings. The fourth-order valence-electron chi connectivity index (χ4n) is 3.86. The second-order valence-electron chi connectivity index (χ2n) is 7.42. The van der Waals surface area contributed by atoms with Crippen molar-refractivity contribution in [1.82, 2.24) is 14.7 Å². The number of carboxylic acid groups (broad SMARTS) is 1. The molecule has 0 aromatic heterocycles. The average molecular weight is 363 g/mol. The van der Waals surface area contributed by atoms with Crippen molar-refractivity contribution in [2.75, 3.05) is 46.3 Å². The molecular formula is C19H26FN3O3. The van der Waals surface area contributed by atoms with Crippen LogP contribution in [0.25, 0.3) is 0 Å². The van der Waals surface area contributed by atoms with Gasteiger partial charge in [-0.05, 0) is 31.2 Å². The number of hydrogen-bond acceptors (Lipinski definition) is 4. The van der Waals surface area contributed by atoms with Gasteiger partial charge in [-0.15, -0.1) is 0 Å². The van der Waals surface area contributed by atoms with Gasteiger partial charge >= 0.3 is 5.97 Å². The number of rotatable bonds is 4. The quantitative estimate of drug-likeness (QED) is 0.869. The minimum Gasteiger partial charge on any atom is -0.481 e. The monoisotopic (exact) mass is 363 g/mol. The summed E-state index contributed by atoms with van der Waals surface area (Å²) in [6, 6.07) is 6.32. The van der Waals surface area contributed by atoms with E-state index in [0.29, 0.717) is 39.1 Å². The van der Waals surface area contributed by atoms with E-state index in [1.165, 1.54) is 12.1 Å². The summed E-state index contributed by atoms with van der Waals surface area (Å²) >= 11 is 0. The van der Waals surface area contributed by atoms with Crippen molar-refractivity contribution in [3.63, 3.8) is 0 Å². The van der Waals surface area contributed by atoms with Crippen LogP contribution in [0.2, 0.25) is 0 Å². The highest BCUT2D eigenvalue weighted by molar-refractivity contribution is 5.80. The predicted molar refractivity (Wildman–Crippen MR) is 95.0 cm³/mol. The maximum absolute atomic E-state index is 13.4. The van der Waals surface area contributed by atoms with E-state index in [4.69, 9.17) is 0 Å². The summed E-state index contributed by atoms with van der Waals surface area (Å²) in [6.45, 7) is 4.42. The molecule has 142 valence electrons. The van der Waals surface area contributed by atoms with Gasteiger partial charge < -0.3 is 14.9 Å². The summed E-state index contributed by atoms with van der Waals surface area (Å²) in [7, 11) is 2.03. The first-order valence-corrected chi connectivity index (χ1v) is 9.09. The maximum atomic E-state index is 13.4. The molecule has 2 atom stereocenters. The van der Waals surface area contributed by atoms with Crippen molar-refractivity contribution >= 4 is 11.9 Å². The smallest absolute Gasteiger partial charge is 0.307 e. The normalized spacial score (nSPS) is 25.2. The number of carbonyl (C=O) groups excluding carboxylic acids is 1. The Balaban J connectivity index is 1.69. The van der Waals surface area contributed by atoms with Gasteiger partial charge in [0.2, 0.25) is 5.91 Å².